The van der Waals surface area contributed by atoms with Gasteiger partial charge in [0.25, 0.3) is 0 Å². The normalized spacial score (nSPS) is 10.3. The van der Waals surface area contributed by atoms with Crippen LogP contribution in [0.2, 0.25) is 0 Å². The van der Waals surface area contributed by atoms with Crippen LogP contribution in [0, 0.1) is 5.92 Å². The molecule has 0 spiro atoms. The molecule has 0 aliphatic carbocycles. The van der Waals surface area contributed by atoms with Crippen molar-refractivity contribution in [3.05, 3.63) is 0 Å². The van der Waals surface area contributed by atoms with Crippen molar-refractivity contribution < 1.29 is 4.74 Å². The molecule has 0 rings (SSSR count). The van der Waals surface area contributed by atoms with Crippen molar-refractivity contribution in [1.29, 1.82) is 0 Å². The third kappa shape index (κ3) is 14.4. The van der Waals surface area contributed by atoms with Gasteiger partial charge in [0.2, 0.25) is 0 Å². The molecule has 0 saturated heterocycles. The summed E-state index contributed by atoms with van der Waals surface area (Å²) < 4.78 is 5.00. The lowest BCUT2D eigenvalue weighted by molar-refractivity contribution is 0.160. The van der Waals surface area contributed by atoms with Gasteiger partial charge >= 0.3 is 0 Å². The fourth-order valence-electron chi connectivity index (χ4n) is 1.13. The first-order valence-corrected chi connectivity index (χ1v) is 5.84. The fourth-order valence-corrected chi connectivity index (χ4v) is 1.13. The Kier molecular flexibility index (Phi) is 15.1. The summed E-state index contributed by atoms with van der Waals surface area (Å²) in [5, 5.41) is 0. The van der Waals surface area contributed by atoms with Crippen molar-refractivity contribution in [3.63, 3.8) is 0 Å². The molecule has 0 atom stereocenters. The van der Waals surface area contributed by atoms with Crippen LogP contribution in [0.5, 0.6) is 0 Å². The second kappa shape index (κ2) is 12.9. The average molecular weight is 203 g/mol. The Morgan fingerprint density at radius 2 is 1.71 bits per heavy atom. The first-order valence-electron chi connectivity index (χ1n) is 5.84. The molecule has 0 aliphatic heterocycles. The van der Waals surface area contributed by atoms with E-state index in [2.05, 4.69) is 25.8 Å². The Bertz CT molecular complexity index is 94.3. The van der Waals surface area contributed by atoms with E-state index in [1.54, 1.807) is 7.11 Å². The molecule has 0 aliphatic rings. The van der Waals surface area contributed by atoms with Gasteiger partial charge in [-0.2, -0.15) is 0 Å². The Balaban J connectivity index is 0. The summed E-state index contributed by atoms with van der Waals surface area (Å²) in [6, 6.07) is 0. The van der Waals surface area contributed by atoms with Crippen LogP contribution in [0.1, 0.15) is 40.5 Å². The topological polar surface area (TPSA) is 12.5 Å². The van der Waals surface area contributed by atoms with Crippen LogP contribution >= 0.6 is 0 Å². The van der Waals surface area contributed by atoms with Gasteiger partial charge in [-0.05, 0) is 32.4 Å². The molecule has 0 N–H and O–H groups in total. The predicted molar refractivity (Wildman–Crippen MR) is 64.8 cm³/mol. The predicted octanol–water partition coefficient (Wildman–Crippen LogP) is 3.03. The first kappa shape index (κ1) is 16.4. The highest BCUT2D eigenvalue weighted by Gasteiger charge is 1.98. The molecule has 2 nitrogen and oxygen atoms in total. The number of hydrogen-bond donors (Lipinski definition) is 0. The summed E-state index contributed by atoms with van der Waals surface area (Å²) in [7, 11) is 3.90. The molecule has 0 heterocycles. The lowest BCUT2D eigenvalue weighted by Gasteiger charge is -2.16. The number of ether oxygens (including phenoxy) is 1. The van der Waals surface area contributed by atoms with Gasteiger partial charge in [-0.3, -0.25) is 0 Å². The van der Waals surface area contributed by atoms with E-state index in [1.807, 2.05) is 13.8 Å². The van der Waals surface area contributed by atoms with Crippen LogP contribution in [0.25, 0.3) is 0 Å². The van der Waals surface area contributed by atoms with Gasteiger partial charge in [-0.1, -0.05) is 27.7 Å². The highest BCUT2D eigenvalue weighted by Crippen LogP contribution is 2.03. The highest BCUT2D eigenvalue weighted by atomic mass is 16.5. The molecule has 0 radical (unpaired) electrons. The van der Waals surface area contributed by atoms with E-state index in [1.165, 1.54) is 19.4 Å². The van der Waals surface area contributed by atoms with Gasteiger partial charge in [0.1, 0.15) is 0 Å². The smallest absolute Gasteiger partial charge is 0.0589 e. The van der Waals surface area contributed by atoms with Crippen molar-refractivity contribution in [3.8, 4) is 0 Å². The minimum atomic E-state index is 0.834. The number of hydrogen-bond acceptors (Lipinski definition) is 2. The molecular formula is C12H29NO. The second-order valence-electron chi connectivity index (χ2n) is 3.83. The molecule has 14 heavy (non-hydrogen) atoms. The summed E-state index contributed by atoms with van der Waals surface area (Å²) >= 11 is 0. The highest BCUT2D eigenvalue weighted by molar-refractivity contribution is 4.52. The monoisotopic (exact) mass is 203 g/mol. The van der Waals surface area contributed by atoms with Crippen molar-refractivity contribution in [2.45, 2.75) is 40.5 Å². The van der Waals surface area contributed by atoms with Crippen LogP contribution in [0.3, 0.4) is 0 Å². The van der Waals surface area contributed by atoms with E-state index in [0.717, 1.165) is 19.1 Å². The molecule has 0 bridgehead atoms. The first-order chi connectivity index (χ1) is 6.66. The Morgan fingerprint density at radius 3 is 2.14 bits per heavy atom. The van der Waals surface area contributed by atoms with Crippen molar-refractivity contribution in [1.82, 2.24) is 4.90 Å². The molecule has 0 aromatic carbocycles. The quantitative estimate of drug-likeness (QED) is 0.630. The van der Waals surface area contributed by atoms with Crippen LogP contribution in [0.15, 0.2) is 0 Å². The van der Waals surface area contributed by atoms with E-state index in [0.29, 0.717) is 0 Å². The zero-order valence-corrected chi connectivity index (χ0v) is 11.0. The minimum Gasteiger partial charge on any atom is -0.383 e. The fraction of sp³-hybridized carbons (Fsp3) is 1.00. The summed E-state index contributed by atoms with van der Waals surface area (Å²) in [5.74, 6) is 0.834. The number of methoxy groups -OCH3 is 1. The molecule has 0 aromatic heterocycles. The molecule has 0 saturated carbocycles. The lowest BCUT2D eigenvalue weighted by Crippen LogP contribution is -2.24. The second-order valence-corrected chi connectivity index (χ2v) is 3.83. The maximum Gasteiger partial charge on any atom is 0.0589 e. The van der Waals surface area contributed by atoms with Crippen LogP contribution in [-0.4, -0.2) is 38.8 Å². The van der Waals surface area contributed by atoms with Crippen molar-refractivity contribution >= 4 is 0 Å². The lowest BCUT2D eigenvalue weighted by atomic mass is 10.1. The molecule has 0 amide bonds. The molecular weight excluding hydrogens is 174 g/mol. The maximum absolute atomic E-state index is 5.00. The maximum atomic E-state index is 5.00. The summed E-state index contributed by atoms with van der Waals surface area (Å²) in [4.78, 5) is 2.33. The third-order valence-electron chi connectivity index (χ3n) is 2.00. The molecule has 0 aromatic rings. The molecule has 88 valence electrons. The van der Waals surface area contributed by atoms with E-state index < -0.39 is 0 Å². The SMILES string of the molecule is CC.COCCN(C)CCCC(C)C. The van der Waals surface area contributed by atoms with Crippen LogP contribution in [0.4, 0.5) is 0 Å². The van der Waals surface area contributed by atoms with E-state index in [-0.39, 0.29) is 0 Å². The van der Waals surface area contributed by atoms with Gasteiger partial charge in [-0.15, -0.1) is 0 Å². The number of likely N-dealkylation sites (N-methyl/N-ethyl adjacent to an activating group) is 1. The van der Waals surface area contributed by atoms with Crippen molar-refractivity contribution in [2.24, 2.45) is 5.92 Å². The minimum absolute atomic E-state index is 0.834. The van der Waals surface area contributed by atoms with Crippen molar-refractivity contribution in [2.75, 3.05) is 33.9 Å². The van der Waals surface area contributed by atoms with Gasteiger partial charge in [0.05, 0.1) is 6.61 Å². The average Bonchev–Trinajstić information content (AvgIpc) is 2.17. The summed E-state index contributed by atoms with van der Waals surface area (Å²) in [6.45, 7) is 11.6. The zero-order valence-electron chi connectivity index (χ0n) is 11.0. The Hall–Kier alpha value is -0.0800. The summed E-state index contributed by atoms with van der Waals surface area (Å²) in [6.07, 6.45) is 2.63. The molecule has 2 heteroatoms. The van der Waals surface area contributed by atoms with Gasteiger partial charge in [-0.25, -0.2) is 0 Å². The van der Waals surface area contributed by atoms with Gasteiger partial charge in [0, 0.05) is 13.7 Å². The van der Waals surface area contributed by atoms with Crippen LogP contribution in [-0.2, 0) is 4.74 Å². The van der Waals surface area contributed by atoms with Gasteiger partial charge in [0.15, 0.2) is 0 Å². The Morgan fingerprint density at radius 1 is 1.14 bits per heavy atom. The molecule has 0 unspecified atom stereocenters. The summed E-state index contributed by atoms with van der Waals surface area (Å²) in [5.41, 5.74) is 0. The van der Waals surface area contributed by atoms with E-state index in [4.69, 9.17) is 4.74 Å². The van der Waals surface area contributed by atoms with E-state index in [9.17, 15) is 0 Å². The van der Waals surface area contributed by atoms with Crippen LogP contribution < -0.4 is 0 Å². The molecule has 0 fully saturated rings. The number of rotatable bonds is 7. The third-order valence-corrected chi connectivity index (χ3v) is 2.00. The Labute approximate surface area is 90.6 Å². The van der Waals surface area contributed by atoms with E-state index >= 15 is 0 Å². The number of nitrogens with zero attached hydrogens (tertiary/aromatic N) is 1. The largest absolute Gasteiger partial charge is 0.383 e. The standard InChI is InChI=1S/C10H23NO.C2H6/c1-10(2)6-5-7-11(3)8-9-12-4;1-2/h10H,5-9H2,1-4H3;1-2H3. The zero-order chi connectivity index (χ0) is 11.4. The van der Waals surface area contributed by atoms with Gasteiger partial charge < -0.3 is 9.64 Å².